The van der Waals surface area contributed by atoms with Gasteiger partial charge in [-0.3, -0.25) is 0 Å². The van der Waals surface area contributed by atoms with Gasteiger partial charge in [-0.1, -0.05) is 29.8 Å². The summed E-state index contributed by atoms with van der Waals surface area (Å²) in [7, 11) is 0. The molecule has 0 amide bonds. The van der Waals surface area contributed by atoms with Gasteiger partial charge in [0.2, 0.25) is 0 Å². The summed E-state index contributed by atoms with van der Waals surface area (Å²) in [5.41, 5.74) is 1.07. The summed E-state index contributed by atoms with van der Waals surface area (Å²) in [6.45, 7) is -1.12. The third-order valence-electron chi connectivity index (χ3n) is 2.90. The molecular weight excluding hydrogens is 303 g/mol. The van der Waals surface area contributed by atoms with E-state index in [9.17, 15) is 13.2 Å². The number of halogens is 4. The largest absolute Gasteiger partial charge is 0.434 e. The quantitative estimate of drug-likeness (QED) is 0.813. The van der Waals surface area contributed by atoms with Crippen LogP contribution in [0.4, 0.5) is 18.9 Å². The van der Waals surface area contributed by atoms with Crippen molar-refractivity contribution < 1.29 is 17.9 Å². The van der Waals surface area contributed by atoms with E-state index in [-0.39, 0.29) is 16.8 Å². The first-order chi connectivity index (χ1) is 9.97. The van der Waals surface area contributed by atoms with Crippen molar-refractivity contribution in [1.29, 1.82) is 0 Å². The molecule has 1 unspecified atom stereocenters. The number of alkyl halides is 2. The Bertz CT molecular complexity index is 622. The second-order valence-corrected chi connectivity index (χ2v) is 4.81. The fraction of sp³-hybridized carbons (Fsp3) is 0.200. The van der Waals surface area contributed by atoms with Crippen LogP contribution in [0.15, 0.2) is 42.5 Å². The van der Waals surface area contributed by atoms with Gasteiger partial charge in [0.1, 0.15) is 11.6 Å². The molecule has 0 aliphatic rings. The zero-order valence-electron chi connectivity index (χ0n) is 11.1. The smallest absolute Gasteiger partial charge is 0.387 e. The predicted octanol–water partition coefficient (Wildman–Crippen LogP) is 5.25. The van der Waals surface area contributed by atoms with Gasteiger partial charge in [-0.05, 0) is 31.2 Å². The van der Waals surface area contributed by atoms with Crippen molar-refractivity contribution in [3.63, 3.8) is 0 Å². The lowest BCUT2D eigenvalue weighted by Crippen LogP contribution is -2.11. The molecule has 2 rings (SSSR count). The number of benzene rings is 2. The molecule has 21 heavy (non-hydrogen) atoms. The lowest BCUT2D eigenvalue weighted by Gasteiger charge is -2.19. The summed E-state index contributed by atoms with van der Waals surface area (Å²) >= 11 is 5.93. The summed E-state index contributed by atoms with van der Waals surface area (Å²) < 4.78 is 42.3. The van der Waals surface area contributed by atoms with Gasteiger partial charge in [0, 0.05) is 5.56 Å². The fourth-order valence-corrected chi connectivity index (χ4v) is 2.18. The average Bonchev–Trinajstić information content (AvgIpc) is 2.42. The third-order valence-corrected chi connectivity index (χ3v) is 3.22. The van der Waals surface area contributed by atoms with Gasteiger partial charge in [0.05, 0.1) is 16.8 Å². The Morgan fingerprint density at radius 3 is 2.52 bits per heavy atom. The summed E-state index contributed by atoms with van der Waals surface area (Å²) in [6.07, 6.45) is 0. The second-order valence-electron chi connectivity index (χ2n) is 4.41. The molecule has 0 saturated heterocycles. The molecule has 0 radical (unpaired) electrons. The van der Waals surface area contributed by atoms with Gasteiger partial charge in [0.25, 0.3) is 0 Å². The highest BCUT2D eigenvalue weighted by Crippen LogP contribution is 2.31. The molecule has 0 fully saturated rings. The highest BCUT2D eigenvalue weighted by Gasteiger charge is 2.15. The van der Waals surface area contributed by atoms with E-state index in [0.29, 0.717) is 11.3 Å². The topological polar surface area (TPSA) is 21.3 Å². The fourth-order valence-electron chi connectivity index (χ4n) is 1.96. The average molecular weight is 316 g/mol. The van der Waals surface area contributed by atoms with Crippen LogP contribution in [0.1, 0.15) is 18.5 Å². The van der Waals surface area contributed by atoms with Crippen molar-refractivity contribution in [2.75, 3.05) is 5.32 Å². The first-order valence-electron chi connectivity index (χ1n) is 6.22. The molecule has 2 aromatic carbocycles. The SMILES string of the molecule is CC(Nc1ccc(F)cc1Cl)c1ccccc1OC(F)F. The molecule has 0 aromatic heterocycles. The van der Waals surface area contributed by atoms with E-state index in [1.54, 1.807) is 25.1 Å². The maximum atomic E-state index is 13.0. The highest BCUT2D eigenvalue weighted by atomic mass is 35.5. The van der Waals surface area contributed by atoms with Crippen LogP contribution >= 0.6 is 11.6 Å². The lowest BCUT2D eigenvalue weighted by molar-refractivity contribution is -0.0505. The molecule has 6 heteroatoms. The lowest BCUT2D eigenvalue weighted by atomic mass is 10.1. The van der Waals surface area contributed by atoms with E-state index < -0.39 is 12.4 Å². The number of rotatable bonds is 5. The van der Waals surface area contributed by atoms with Gasteiger partial charge < -0.3 is 10.1 Å². The van der Waals surface area contributed by atoms with Crippen LogP contribution in [-0.4, -0.2) is 6.61 Å². The number of ether oxygens (including phenoxy) is 1. The Kier molecular flexibility index (Phi) is 4.96. The van der Waals surface area contributed by atoms with Gasteiger partial charge in [-0.2, -0.15) is 8.78 Å². The van der Waals surface area contributed by atoms with Gasteiger partial charge in [0.15, 0.2) is 0 Å². The maximum Gasteiger partial charge on any atom is 0.387 e. The van der Waals surface area contributed by atoms with Crippen LogP contribution < -0.4 is 10.1 Å². The summed E-state index contributed by atoms with van der Waals surface area (Å²) in [5.74, 6) is -0.356. The van der Waals surface area contributed by atoms with Crippen LogP contribution in [0.3, 0.4) is 0 Å². The summed E-state index contributed by atoms with van der Waals surface area (Å²) in [6, 6.07) is 10.1. The minimum atomic E-state index is -2.90. The predicted molar refractivity (Wildman–Crippen MR) is 76.5 cm³/mol. The molecule has 2 nitrogen and oxygen atoms in total. The zero-order chi connectivity index (χ0) is 15.4. The summed E-state index contributed by atoms with van der Waals surface area (Å²) in [4.78, 5) is 0. The van der Waals surface area contributed by atoms with E-state index in [1.165, 1.54) is 24.3 Å². The van der Waals surface area contributed by atoms with Crippen molar-refractivity contribution >= 4 is 17.3 Å². The first kappa shape index (κ1) is 15.5. The van der Waals surface area contributed by atoms with Crippen LogP contribution in [0.5, 0.6) is 5.75 Å². The Morgan fingerprint density at radius 1 is 1.14 bits per heavy atom. The zero-order valence-corrected chi connectivity index (χ0v) is 11.9. The molecular formula is C15H13ClF3NO. The Hall–Kier alpha value is -1.88. The molecule has 0 heterocycles. The molecule has 0 aliphatic carbocycles. The Labute approximate surface area is 125 Å². The minimum Gasteiger partial charge on any atom is -0.434 e. The number of anilines is 1. The second kappa shape index (κ2) is 6.72. The van der Waals surface area contributed by atoms with Crippen LogP contribution in [0.25, 0.3) is 0 Å². The van der Waals surface area contributed by atoms with Crippen LogP contribution in [0.2, 0.25) is 5.02 Å². The minimum absolute atomic E-state index is 0.0886. The Balaban J connectivity index is 2.22. The van der Waals surface area contributed by atoms with Crippen molar-refractivity contribution in [2.45, 2.75) is 19.6 Å². The maximum absolute atomic E-state index is 13.0. The first-order valence-corrected chi connectivity index (χ1v) is 6.60. The number of hydrogen-bond donors (Lipinski definition) is 1. The van der Waals surface area contributed by atoms with Gasteiger partial charge in [-0.15, -0.1) is 0 Å². The van der Waals surface area contributed by atoms with E-state index in [2.05, 4.69) is 10.1 Å². The highest BCUT2D eigenvalue weighted by molar-refractivity contribution is 6.33. The van der Waals surface area contributed by atoms with E-state index >= 15 is 0 Å². The number of para-hydroxylation sites is 1. The van der Waals surface area contributed by atoms with Crippen molar-refractivity contribution in [3.05, 3.63) is 58.9 Å². The number of nitrogens with one attached hydrogen (secondary N) is 1. The van der Waals surface area contributed by atoms with E-state index in [4.69, 9.17) is 11.6 Å². The van der Waals surface area contributed by atoms with Crippen LogP contribution in [0, 0.1) is 5.82 Å². The summed E-state index contributed by atoms with van der Waals surface area (Å²) in [5, 5.41) is 3.26. The molecule has 1 N–H and O–H groups in total. The molecule has 2 aromatic rings. The molecule has 0 spiro atoms. The number of hydrogen-bond acceptors (Lipinski definition) is 2. The molecule has 0 bridgehead atoms. The van der Waals surface area contributed by atoms with Crippen molar-refractivity contribution in [3.8, 4) is 5.75 Å². The molecule has 1 atom stereocenters. The van der Waals surface area contributed by atoms with Crippen LogP contribution in [-0.2, 0) is 0 Å². The molecule has 112 valence electrons. The van der Waals surface area contributed by atoms with Crippen molar-refractivity contribution in [2.24, 2.45) is 0 Å². The Morgan fingerprint density at radius 2 is 1.86 bits per heavy atom. The third kappa shape index (κ3) is 4.04. The molecule has 0 saturated carbocycles. The van der Waals surface area contributed by atoms with Crippen molar-refractivity contribution in [1.82, 2.24) is 0 Å². The van der Waals surface area contributed by atoms with Gasteiger partial charge >= 0.3 is 6.61 Å². The van der Waals surface area contributed by atoms with Gasteiger partial charge in [-0.25, -0.2) is 4.39 Å². The van der Waals surface area contributed by atoms with E-state index in [0.717, 1.165) is 0 Å². The standard InChI is InChI=1S/C15H13ClF3NO/c1-9(20-13-7-6-10(17)8-12(13)16)11-4-2-3-5-14(11)21-15(18)19/h2-9,15,20H,1H3. The van der Waals surface area contributed by atoms with E-state index in [1.807, 2.05) is 0 Å². The normalized spacial score (nSPS) is 12.3. The molecule has 0 aliphatic heterocycles. The monoisotopic (exact) mass is 315 g/mol.